The van der Waals surface area contributed by atoms with Gasteiger partial charge in [0.25, 0.3) is 0 Å². The molecule has 26 heavy (non-hydrogen) atoms. The normalized spacial score (nSPS) is 11.0. The highest BCUT2D eigenvalue weighted by atomic mass is 32.1. The van der Waals surface area contributed by atoms with Gasteiger partial charge in [0.1, 0.15) is 22.6 Å². The zero-order chi connectivity index (χ0) is 18.5. The number of ether oxygens (including phenoxy) is 1. The maximum absolute atomic E-state index is 12.7. The molecule has 0 aliphatic rings. The number of benzene rings is 1. The monoisotopic (exact) mass is 372 g/mol. The summed E-state index contributed by atoms with van der Waals surface area (Å²) >= 11 is 1.40. The van der Waals surface area contributed by atoms with Gasteiger partial charge in [0.2, 0.25) is 5.43 Å². The second-order valence-electron chi connectivity index (χ2n) is 6.00. The van der Waals surface area contributed by atoms with Crippen molar-refractivity contribution in [1.29, 1.82) is 0 Å². The summed E-state index contributed by atoms with van der Waals surface area (Å²) in [5.74, 6) is 0.0564. The van der Waals surface area contributed by atoms with E-state index in [1.807, 2.05) is 12.3 Å². The van der Waals surface area contributed by atoms with E-state index >= 15 is 0 Å². The van der Waals surface area contributed by atoms with Crippen LogP contribution in [0.3, 0.4) is 0 Å². The van der Waals surface area contributed by atoms with Crippen LogP contribution in [0.25, 0.3) is 21.5 Å². The number of thiazole rings is 1. The highest BCUT2D eigenvalue weighted by Gasteiger charge is 2.13. The topological polar surface area (TPSA) is 95.4 Å². The number of unbranched alkanes of at least 4 members (excludes halogenated alkanes) is 2. The Morgan fingerprint density at radius 3 is 2.88 bits per heavy atom. The predicted octanol–water partition coefficient (Wildman–Crippen LogP) is 3.65. The molecule has 3 rings (SSSR count). The molecule has 0 atom stereocenters. The molecule has 2 aromatic heterocycles. The van der Waals surface area contributed by atoms with Crippen molar-refractivity contribution < 1.29 is 13.9 Å². The molecular weight excluding hydrogens is 352 g/mol. The zero-order valence-electron chi connectivity index (χ0n) is 14.5. The lowest BCUT2D eigenvalue weighted by Gasteiger charge is -2.06. The van der Waals surface area contributed by atoms with E-state index in [9.17, 15) is 9.59 Å². The van der Waals surface area contributed by atoms with Gasteiger partial charge in [-0.15, -0.1) is 11.3 Å². The molecule has 0 fully saturated rings. The number of rotatable bonds is 7. The van der Waals surface area contributed by atoms with Gasteiger partial charge >= 0.3 is 5.97 Å². The quantitative estimate of drug-likeness (QED) is 0.386. The van der Waals surface area contributed by atoms with Crippen molar-refractivity contribution in [2.45, 2.75) is 32.6 Å². The van der Waals surface area contributed by atoms with E-state index in [0.29, 0.717) is 40.3 Å². The van der Waals surface area contributed by atoms with Crippen LogP contribution in [0.2, 0.25) is 0 Å². The van der Waals surface area contributed by atoms with Gasteiger partial charge < -0.3 is 14.9 Å². The molecule has 0 saturated carbocycles. The van der Waals surface area contributed by atoms with Crippen molar-refractivity contribution >= 4 is 28.3 Å². The molecule has 0 saturated heterocycles. The molecule has 7 heteroatoms. The maximum Gasteiger partial charge on any atom is 0.311 e. The number of aromatic nitrogens is 1. The fraction of sp³-hybridized carbons (Fsp3) is 0.316. The van der Waals surface area contributed by atoms with E-state index in [4.69, 9.17) is 14.9 Å². The Balaban J connectivity index is 1.77. The van der Waals surface area contributed by atoms with Crippen LogP contribution in [0.15, 0.2) is 39.1 Å². The van der Waals surface area contributed by atoms with E-state index in [2.05, 4.69) is 4.98 Å². The molecule has 0 aliphatic heterocycles. The van der Waals surface area contributed by atoms with Crippen LogP contribution in [0, 0.1) is 6.92 Å². The van der Waals surface area contributed by atoms with E-state index in [0.717, 1.165) is 25.0 Å². The van der Waals surface area contributed by atoms with Gasteiger partial charge in [0, 0.05) is 23.6 Å². The summed E-state index contributed by atoms with van der Waals surface area (Å²) in [6.45, 7) is 2.50. The molecule has 0 bridgehead atoms. The minimum Gasteiger partial charge on any atom is -0.463 e. The third-order valence-corrected chi connectivity index (χ3v) is 4.91. The molecule has 0 amide bonds. The van der Waals surface area contributed by atoms with Gasteiger partial charge in [-0.1, -0.05) is 6.42 Å². The lowest BCUT2D eigenvalue weighted by Crippen LogP contribution is -2.09. The van der Waals surface area contributed by atoms with Crippen molar-refractivity contribution in [1.82, 2.24) is 4.98 Å². The number of carbonyl (C=O) groups is 1. The Morgan fingerprint density at radius 2 is 2.15 bits per heavy atom. The molecule has 0 spiro atoms. The summed E-state index contributed by atoms with van der Waals surface area (Å²) in [7, 11) is 0. The smallest absolute Gasteiger partial charge is 0.311 e. The Kier molecular flexibility index (Phi) is 5.80. The first-order valence-corrected chi connectivity index (χ1v) is 9.35. The molecule has 3 aromatic rings. The Hall–Kier alpha value is -2.51. The van der Waals surface area contributed by atoms with Crippen LogP contribution < -0.4 is 15.9 Å². The number of nitrogens with two attached hydrogens (primary N) is 1. The summed E-state index contributed by atoms with van der Waals surface area (Å²) < 4.78 is 10.9. The van der Waals surface area contributed by atoms with Gasteiger partial charge in [-0.25, -0.2) is 4.98 Å². The van der Waals surface area contributed by atoms with Crippen molar-refractivity contribution in [3.63, 3.8) is 0 Å². The molecule has 2 heterocycles. The molecule has 6 nitrogen and oxygen atoms in total. The average molecular weight is 372 g/mol. The first-order chi connectivity index (χ1) is 12.6. The second kappa shape index (κ2) is 8.25. The largest absolute Gasteiger partial charge is 0.463 e. The highest BCUT2D eigenvalue weighted by Crippen LogP contribution is 2.25. The Morgan fingerprint density at radius 1 is 1.31 bits per heavy atom. The second-order valence-corrected chi connectivity index (χ2v) is 6.86. The fourth-order valence-electron chi connectivity index (χ4n) is 2.57. The Bertz CT molecular complexity index is 977. The van der Waals surface area contributed by atoms with Crippen molar-refractivity contribution in [3.05, 3.63) is 45.8 Å². The molecule has 0 aliphatic carbocycles. The average Bonchev–Trinajstić information content (AvgIpc) is 3.05. The van der Waals surface area contributed by atoms with Crippen molar-refractivity contribution in [2.24, 2.45) is 5.73 Å². The van der Waals surface area contributed by atoms with Gasteiger partial charge in [0.05, 0.1) is 10.9 Å². The van der Waals surface area contributed by atoms with E-state index in [-0.39, 0.29) is 11.4 Å². The van der Waals surface area contributed by atoms with Crippen molar-refractivity contribution in [2.75, 3.05) is 6.54 Å². The van der Waals surface area contributed by atoms with Crippen LogP contribution in [0.1, 0.15) is 31.4 Å². The van der Waals surface area contributed by atoms with E-state index in [1.165, 1.54) is 17.6 Å². The first kappa shape index (κ1) is 18.3. The third kappa shape index (κ3) is 4.17. The summed E-state index contributed by atoms with van der Waals surface area (Å²) in [6, 6.07) is 4.78. The number of carbonyl (C=O) groups excluding carboxylic acids is 1. The minimum absolute atomic E-state index is 0.153. The third-order valence-electron chi connectivity index (χ3n) is 3.91. The summed E-state index contributed by atoms with van der Waals surface area (Å²) in [5.41, 5.74) is 6.94. The summed E-state index contributed by atoms with van der Waals surface area (Å²) in [4.78, 5) is 28.9. The van der Waals surface area contributed by atoms with Gasteiger partial charge in [-0.3, -0.25) is 9.59 Å². The predicted molar refractivity (Wildman–Crippen MR) is 101 cm³/mol. The molecular formula is C19H20N2O4S. The number of fused-ring (bicyclic) bond motifs is 1. The number of hydrogen-bond donors (Lipinski definition) is 1. The first-order valence-electron chi connectivity index (χ1n) is 8.47. The fourth-order valence-corrected chi connectivity index (χ4v) is 3.37. The minimum atomic E-state index is -0.307. The molecule has 2 N–H and O–H groups in total. The maximum atomic E-state index is 12.7. The van der Waals surface area contributed by atoms with Gasteiger partial charge in [0.15, 0.2) is 0 Å². The lowest BCUT2D eigenvalue weighted by molar-refractivity contribution is -0.134. The van der Waals surface area contributed by atoms with Gasteiger partial charge in [-0.2, -0.15) is 0 Å². The van der Waals surface area contributed by atoms with Crippen molar-refractivity contribution in [3.8, 4) is 16.3 Å². The summed E-state index contributed by atoms with van der Waals surface area (Å²) in [6.07, 6.45) is 4.29. The number of nitrogens with zero attached hydrogens (tertiary/aromatic N) is 1. The number of esters is 1. The number of aryl methyl sites for hydroxylation is 1. The highest BCUT2D eigenvalue weighted by molar-refractivity contribution is 7.13. The van der Waals surface area contributed by atoms with Gasteiger partial charge in [-0.05, 0) is 38.4 Å². The molecule has 0 radical (unpaired) electrons. The van der Waals surface area contributed by atoms with Crippen LogP contribution in [0.4, 0.5) is 0 Å². The Labute approximate surface area is 154 Å². The van der Waals surface area contributed by atoms with Crippen LogP contribution in [0.5, 0.6) is 5.75 Å². The molecule has 0 unspecified atom stereocenters. The standard InChI is InChI=1S/C19H20N2O4S/c1-12-11-26-19(21-12)15-10-24-16-9-13(6-7-14(16)18(15)23)25-17(22)5-3-2-4-8-20/h6-7,9-11H,2-5,8,20H2,1H3. The zero-order valence-corrected chi connectivity index (χ0v) is 15.3. The van der Waals surface area contributed by atoms with Crippen LogP contribution in [-0.4, -0.2) is 17.5 Å². The SMILES string of the molecule is Cc1csc(-c2coc3cc(OC(=O)CCCCCN)ccc3c2=O)n1. The summed E-state index contributed by atoms with van der Waals surface area (Å²) in [5, 5.41) is 2.94. The molecule has 1 aromatic carbocycles. The lowest BCUT2D eigenvalue weighted by atomic mass is 10.1. The number of hydrogen-bond acceptors (Lipinski definition) is 7. The van der Waals surface area contributed by atoms with Crippen LogP contribution >= 0.6 is 11.3 Å². The van der Waals surface area contributed by atoms with E-state index < -0.39 is 0 Å². The van der Waals surface area contributed by atoms with E-state index in [1.54, 1.807) is 18.2 Å². The molecule has 136 valence electrons. The van der Waals surface area contributed by atoms with Crippen LogP contribution in [-0.2, 0) is 4.79 Å².